The van der Waals surface area contributed by atoms with Gasteiger partial charge in [-0.05, 0) is 119 Å². The van der Waals surface area contributed by atoms with E-state index in [2.05, 4.69) is 275 Å². The second-order valence-electron chi connectivity index (χ2n) is 29.5. The van der Waals surface area contributed by atoms with Gasteiger partial charge in [-0.25, -0.2) is 0 Å². The third kappa shape index (κ3) is 11.8. The molecule has 0 heterocycles. The van der Waals surface area contributed by atoms with Gasteiger partial charge in [-0.1, -0.05) is 251 Å². The number of benzene rings is 5. The van der Waals surface area contributed by atoms with Gasteiger partial charge in [0.15, 0.2) is 4.90 Å². The Morgan fingerprint density at radius 3 is 0.865 bits per heavy atom. The molecule has 2 aliphatic rings. The maximum Gasteiger partial charge on any atom is 0.314 e. The summed E-state index contributed by atoms with van der Waals surface area (Å²) in [4.78, 5) is -0.992. The zero-order chi connectivity index (χ0) is 55.2. The van der Waals surface area contributed by atoms with Gasteiger partial charge in [0, 0.05) is 22.3 Å². The highest BCUT2D eigenvalue weighted by Gasteiger charge is 2.63. The van der Waals surface area contributed by atoms with Crippen molar-refractivity contribution in [3.05, 3.63) is 165 Å². The van der Waals surface area contributed by atoms with Crippen LogP contribution < -0.4 is 18.1 Å². The summed E-state index contributed by atoms with van der Waals surface area (Å²) in [7, 11) is -4.09. The van der Waals surface area contributed by atoms with E-state index in [1.165, 1.54) is 44.5 Å². The van der Waals surface area contributed by atoms with Crippen LogP contribution in [-0.2, 0) is 43.3 Å². The first-order valence-corrected chi connectivity index (χ1v) is 29.5. The first-order chi connectivity index (χ1) is 33.7. The molecule has 0 saturated carbocycles. The Labute approximate surface area is 452 Å². The summed E-state index contributed by atoms with van der Waals surface area (Å²) < 4.78 is 32.1. The first-order valence-electron chi connectivity index (χ1n) is 27.2. The zero-order valence-electron chi connectivity index (χ0n) is 50.1. The second-order valence-corrected chi connectivity index (χ2v) is 33.1. The van der Waals surface area contributed by atoms with E-state index in [1.54, 1.807) is 0 Å². The highest BCUT2D eigenvalue weighted by atomic mass is 31.2. The Hall–Kier alpha value is -4.36. The van der Waals surface area contributed by atoms with Gasteiger partial charge >= 0.3 is 16.8 Å². The number of rotatable bonds is 10. The van der Waals surface area contributed by atoms with Crippen LogP contribution in [0.4, 0.5) is 0 Å². The minimum Gasteiger partial charge on any atom is -0.437 e. The lowest BCUT2D eigenvalue weighted by Gasteiger charge is -2.48. The lowest BCUT2D eigenvalue weighted by Crippen LogP contribution is -2.38. The van der Waals surface area contributed by atoms with E-state index in [1.807, 2.05) is 0 Å². The molecule has 0 fully saturated rings. The predicted octanol–water partition coefficient (Wildman–Crippen LogP) is 20.9. The van der Waals surface area contributed by atoms with E-state index in [0.29, 0.717) is 6.42 Å². The maximum atomic E-state index is 8.03. The van der Waals surface area contributed by atoms with Gasteiger partial charge in [0.1, 0.15) is 23.0 Å². The van der Waals surface area contributed by atoms with E-state index in [0.717, 1.165) is 45.3 Å². The van der Waals surface area contributed by atoms with Crippen LogP contribution in [-0.4, -0.2) is 4.90 Å². The number of hydrogen-bond acceptors (Lipinski definition) is 4. The van der Waals surface area contributed by atoms with Crippen LogP contribution in [0.15, 0.2) is 109 Å². The van der Waals surface area contributed by atoms with Crippen molar-refractivity contribution in [2.24, 2.45) is 0 Å². The third-order valence-corrected chi connectivity index (χ3v) is 19.2. The van der Waals surface area contributed by atoms with E-state index < -0.39 is 21.6 Å². The van der Waals surface area contributed by atoms with E-state index in [9.17, 15) is 0 Å². The van der Waals surface area contributed by atoms with Gasteiger partial charge in [-0.3, -0.25) is 0 Å². The average Bonchev–Trinajstić information content (AvgIpc) is 3.25. The summed E-state index contributed by atoms with van der Waals surface area (Å²) in [6.07, 6.45) is 5.20. The highest BCUT2D eigenvalue weighted by molar-refractivity contribution is 7.70. The molecule has 0 N–H and O–H groups in total. The van der Waals surface area contributed by atoms with E-state index >= 15 is 0 Å². The minimum absolute atomic E-state index is 0.0719. The van der Waals surface area contributed by atoms with Crippen LogP contribution in [0.5, 0.6) is 23.0 Å². The summed E-state index contributed by atoms with van der Waals surface area (Å²) >= 11 is 0. The quantitative estimate of drug-likeness (QED) is 0.131. The van der Waals surface area contributed by atoms with Crippen molar-refractivity contribution in [2.45, 2.75) is 221 Å². The molecule has 2 aliphatic carbocycles. The van der Waals surface area contributed by atoms with E-state index in [4.69, 9.17) is 18.1 Å². The molecule has 7 rings (SSSR count). The molecule has 0 spiro atoms. The molecule has 0 amide bonds. The van der Waals surface area contributed by atoms with Gasteiger partial charge in [0.2, 0.25) is 0 Å². The van der Waals surface area contributed by atoms with Gasteiger partial charge < -0.3 is 18.1 Å². The standard InChI is InChI=1S/C68H92O4P2/c1-60(2,3)44-31-35-55(51(40-44)64(13,14)15)69-73(70-56-36-32-45(61(4,5)6)41-52(56)65(16,17)18)68(39-27-30-50-48-28-25-26-29-49(48)59(50)68)74(71-57-37-33-46(62(7,8)9)42-53(57)66(19,20)21)72-58-38-34-47(63(10,11)12)43-54(58)67(22,23)24/h25-38,40-43H,39H2,1-24H3. The van der Waals surface area contributed by atoms with Crippen molar-refractivity contribution in [1.29, 1.82) is 0 Å². The maximum absolute atomic E-state index is 8.03. The Morgan fingerprint density at radius 1 is 0.338 bits per heavy atom. The summed E-state index contributed by atoms with van der Waals surface area (Å²) in [5, 5.41) is 0. The normalized spacial score (nSPS) is 15.5. The van der Waals surface area contributed by atoms with Crippen molar-refractivity contribution < 1.29 is 18.1 Å². The predicted molar refractivity (Wildman–Crippen MR) is 321 cm³/mol. The fraction of sp³-hybridized carbons (Fsp3) is 0.500. The largest absolute Gasteiger partial charge is 0.437 e. The van der Waals surface area contributed by atoms with Crippen LogP contribution in [0.1, 0.15) is 228 Å². The molecule has 0 unspecified atom stereocenters. The van der Waals surface area contributed by atoms with Gasteiger partial charge in [0.05, 0.1) is 0 Å². The summed E-state index contributed by atoms with van der Waals surface area (Å²) in [6, 6.07) is 36.2. The van der Waals surface area contributed by atoms with Crippen molar-refractivity contribution in [2.75, 3.05) is 0 Å². The number of hydrogen-bond donors (Lipinski definition) is 0. The summed E-state index contributed by atoms with van der Waals surface area (Å²) in [5.74, 6) is 3.25. The zero-order valence-corrected chi connectivity index (χ0v) is 51.9. The average molecular weight is 1040 g/mol. The minimum atomic E-state index is -2.04. The van der Waals surface area contributed by atoms with Crippen LogP contribution in [0.3, 0.4) is 0 Å². The number of allylic oxidation sites excluding steroid dienone is 4. The molecule has 4 nitrogen and oxygen atoms in total. The fourth-order valence-corrected chi connectivity index (χ4v) is 14.4. The molecule has 0 aromatic heterocycles. The van der Waals surface area contributed by atoms with E-state index in [-0.39, 0.29) is 43.3 Å². The Morgan fingerprint density at radius 2 is 0.608 bits per heavy atom. The van der Waals surface area contributed by atoms with Crippen LogP contribution in [0.25, 0.3) is 11.1 Å². The molecular weight excluding hydrogens is 943 g/mol. The smallest absolute Gasteiger partial charge is 0.314 e. The molecule has 0 aliphatic heterocycles. The molecule has 6 heteroatoms. The summed E-state index contributed by atoms with van der Waals surface area (Å²) in [6.45, 7) is 54.9. The monoisotopic (exact) mass is 1030 g/mol. The van der Waals surface area contributed by atoms with Crippen molar-refractivity contribution in [1.82, 2.24) is 0 Å². The van der Waals surface area contributed by atoms with Crippen LogP contribution in [0.2, 0.25) is 0 Å². The number of fused-ring (bicyclic) bond motifs is 3. The Balaban J connectivity index is 1.63. The van der Waals surface area contributed by atoms with Crippen LogP contribution >= 0.6 is 16.8 Å². The SMILES string of the molecule is CC(C)(C)c1ccc(OP(Oc2ccc(C(C)(C)C)cc2C(C)(C)C)C2(P(Oc3ccc(C(C)(C)C)cc3C(C)(C)C)Oc3ccc(C(C)(C)C)cc3C(C)(C)C)CC=CC3=C2c2ccccc23)c(C(C)(C)C)c1. The molecular formula is C68H92O4P2. The molecule has 398 valence electrons. The van der Waals surface area contributed by atoms with Gasteiger partial charge in [-0.15, -0.1) is 0 Å². The lowest BCUT2D eigenvalue weighted by atomic mass is 9.75. The van der Waals surface area contributed by atoms with Crippen molar-refractivity contribution in [3.63, 3.8) is 0 Å². The Kier molecular flexibility index (Phi) is 15.2. The molecule has 0 radical (unpaired) electrons. The molecule has 74 heavy (non-hydrogen) atoms. The van der Waals surface area contributed by atoms with Crippen molar-refractivity contribution in [3.8, 4) is 23.0 Å². The lowest BCUT2D eigenvalue weighted by molar-refractivity contribution is 0.422. The fourth-order valence-electron chi connectivity index (χ4n) is 9.94. The second kappa shape index (κ2) is 19.6. The van der Waals surface area contributed by atoms with Crippen LogP contribution in [0, 0.1) is 0 Å². The third-order valence-electron chi connectivity index (χ3n) is 14.8. The van der Waals surface area contributed by atoms with Gasteiger partial charge in [-0.2, -0.15) is 0 Å². The van der Waals surface area contributed by atoms with Gasteiger partial charge in [0.25, 0.3) is 0 Å². The topological polar surface area (TPSA) is 36.9 Å². The highest BCUT2D eigenvalue weighted by Crippen LogP contribution is 2.78. The molecule has 0 atom stereocenters. The molecule has 5 aromatic rings. The molecule has 5 aromatic carbocycles. The molecule has 0 bridgehead atoms. The first kappa shape index (κ1) is 57.3. The summed E-state index contributed by atoms with van der Waals surface area (Å²) in [5.41, 5.74) is 13.0. The Bertz CT molecular complexity index is 2630. The van der Waals surface area contributed by atoms with Crippen molar-refractivity contribution >= 4 is 27.9 Å². The molecule has 0 saturated heterocycles.